The number of fused-ring (bicyclic) bond motifs is 6. The molecule has 4 aromatic carbocycles. The first kappa shape index (κ1) is 47.7. The van der Waals surface area contributed by atoms with E-state index in [0.717, 1.165) is 90.5 Å². The third-order valence-corrected chi connectivity index (χ3v) is 9.05. The number of hydrogen-bond donors (Lipinski definition) is 0. The smallest absolute Gasteiger partial charge is 0.0964 e. The SMILES string of the molecule is C1CCOC1.COc1ccccc1-c1ccc2ccc3cccnc3c2n1.COc1ccccc1Br.[CH2-]CCC.[Li+].[O]=[Mn]=[O].c1cnc2c(c1)ccc1cccnc12. The van der Waals surface area contributed by atoms with Gasteiger partial charge in [-0.15, -0.1) is 0 Å². The first-order valence-electron chi connectivity index (χ1n) is 18.4. The van der Waals surface area contributed by atoms with Gasteiger partial charge in [0.2, 0.25) is 0 Å². The molecular weight excluding hydrogens is 830 g/mol. The van der Waals surface area contributed by atoms with Crippen molar-refractivity contribution in [1.82, 2.24) is 19.9 Å². The number of para-hydroxylation sites is 2. The topological polar surface area (TPSA) is 113 Å². The average molecular weight is 877 g/mol. The first-order valence-corrected chi connectivity index (χ1v) is 20.2. The fourth-order valence-electron chi connectivity index (χ4n) is 5.53. The van der Waals surface area contributed by atoms with Crippen LogP contribution in [0.4, 0.5) is 0 Å². The van der Waals surface area contributed by atoms with E-state index in [1.807, 2.05) is 72.8 Å². The van der Waals surface area contributed by atoms with E-state index in [9.17, 15) is 0 Å². The van der Waals surface area contributed by atoms with Gasteiger partial charge < -0.3 is 21.1 Å². The summed E-state index contributed by atoms with van der Waals surface area (Å²) in [5.74, 6) is 1.69. The summed E-state index contributed by atoms with van der Waals surface area (Å²) in [6.07, 6.45) is 10.2. The monoisotopic (exact) mass is 875 g/mol. The van der Waals surface area contributed by atoms with E-state index in [1.54, 1.807) is 32.8 Å². The zero-order valence-electron chi connectivity index (χ0n) is 33.3. The fraction of sp³-hybridized carbons (Fsp3) is 0.196. The van der Waals surface area contributed by atoms with Gasteiger partial charge >= 0.3 is 41.4 Å². The quantitative estimate of drug-likeness (QED) is 0.0973. The Morgan fingerprint density at radius 1 is 0.621 bits per heavy atom. The minimum Gasteiger partial charge on any atom is -0.254 e. The zero-order valence-corrected chi connectivity index (χ0v) is 36.1. The van der Waals surface area contributed by atoms with Gasteiger partial charge in [-0.2, -0.15) is 6.42 Å². The third-order valence-electron chi connectivity index (χ3n) is 8.40. The van der Waals surface area contributed by atoms with Crippen molar-refractivity contribution in [3.05, 3.63) is 151 Å². The van der Waals surface area contributed by atoms with E-state index in [4.69, 9.17) is 26.9 Å². The summed E-state index contributed by atoms with van der Waals surface area (Å²) in [5.41, 5.74) is 5.68. The van der Waals surface area contributed by atoms with Crippen LogP contribution in [0.2, 0.25) is 0 Å². The van der Waals surface area contributed by atoms with Crippen molar-refractivity contribution >= 4 is 59.5 Å². The predicted molar refractivity (Wildman–Crippen MR) is 228 cm³/mol. The standard InChI is InChI=1S/C19H14N2O.C12H8N2.C7H7BrO.C4H8O.C4H9.Li.Mn.2O/c1-22-17-7-3-2-6-15(17)16-11-10-14-9-8-13-5-4-12-20-18(13)19(14)21-16;1-3-9-5-6-10-4-2-8-14-12(10)11(9)13-7-1;1-9-7-5-3-2-4-6(7)8;1-2-4-5-3-1;1-3-4-2;;;;/h2-12H,1H3;1-8H;2-5H,1H3;1-4H2;1,3-4H2,2H3;;;;/q;;;;-1;+1;;;. The van der Waals surface area contributed by atoms with Gasteiger partial charge in [0.05, 0.1) is 46.5 Å². The minimum atomic E-state index is -1.44. The summed E-state index contributed by atoms with van der Waals surface area (Å²) in [5, 5.41) is 4.46. The molecule has 12 heteroatoms. The van der Waals surface area contributed by atoms with E-state index in [1.165, 1.54) is 19.3 Å². The molecule has 4 aromatic heterocycles. The number of rotatable bonds is 4. The van der Waals surface area contributed by atoms with E-state index >= 15 is 0 Å². The Morgan fingerprint density at radius 3 is 1.45 bits per heavy atom. The van der Waals surface area contributed by atoms with Crippen LogP contribution < -0.4 is 28.3 Å². The van der Waals surface area contributed by atoms with E-state index in [0.29, 0.717) is 0 Å². The van der Waals surface area contributed by atoms with Crippen molar-refractivity contribution in [2.24, 2.45) is 0 Å². The number of nitrogens with zero attached hydrogens (tertiary/aromatic N) is 4. The number of aromatic nitrogens is 4. The van der Waals surface area contributed by atoms with Crippen LogP contribution in [0.1, 0.15) is 32.6 Å². The van der Waals surface area contributed by atoms with Gasteiger partial charge in [-0.05, 0) is 77.3 Å². The average Bonchev–Trinajstić information content (AvgIpc) is 3.88. The van der Waals surface area contributed by atoms with Gasteiger partial charge in [-0.3, -0.25) is 15.0 Å². The van der Waals surface area contributed by atoms with Crippen LogP contribution in [0, 0.1) is 6.92 Å². The maximum atomic E-state index is 8.41. The second kappa shape index (κ2) is 27.1. The van der Waals surface area contributed by atoms with Crippen LogP contribution in [0.3, 0.4) is 0 Å². The Balaban J connectivity index is 0.000000214. The van der Waals surface area contributed by atoms with Crippen LogP contribution >= 0.6 is 15.9 Å². The number of ether oxygens (including phenoxy) is 3. The van der Waals surface area contributed by atoms with E-state index in [2.05, 4.69) is 93.3 Å². The van der Waals surface area contributed by atoms with E-state index < -0.39 is 14.8 Å². The van der Waals surface area contributed by atoms with E-state index in [-0.39, 0.29) is 18.9 Å². The minimum absolute atomic E-state index is 0. The molecule has 0 amide bonds. The Bertz CT molecular complexity index is 2420. The molecule has 0 spiro atoms. The molecule has 0 atom stereocenters. The van der Waals surface area contributed by atoms with Crippen LogP contribution in [-0.2, 0) is 27.2 Å². The zero-order chi connectivity index (χ0) is 40.7. The maximum absolute atomic E-state index is 8.41. The van der Waals surface area contributed by atoms with Crippen molar-refractivity contribution in [2.75, 3.05) is 27.4 Å². The van der Waals surface area contributed by atoms with Crippen molar-refractivity contribution in [1.29, 1.82) is 0 Å². The van der Waals surface area contributed by atoms with Crippen molar-refractivity contribution < 1.29 is 55.6 Å². The Kier molecular flexibility index (Phi) is 22.2. The van der Waals surface area contributed by atoms with Crippen molar-refractivity contribution in [3.63, 3.8) is 0 Å². The molecule has 1 aliphatic heterocycles. The number of unbranched alkanes of at least 4 members (excludes halogenated alkanes) is 1. The summed E-state index contributed by atoms with van der Waals surface area (Å²) in [6, 6.07) is 40.1. The molecular formula is C46H46BrLiMnN4O5. The summed E-state index contributed by atoms with van der Waals surface area (Å²) in [7, 11) is 3.33. The largest absolute Gasteiger partial charge is 0.254 e. The van der Waals surface area contributed by atoms with Gasteiger partial charge in [0, 0.05) is 58.9 Å². The molecule has 0 unspecified atom stereocenters. The Labute approximate surface area is 366 Å². The first-order chi connectivity index (χ1) is 28.0. The molecule has 295 valence electrons. The molecule has 0 bridgehead atoms. The van der Waals surface area contributed by atoms with Gasteiger partial charge in [-0.1, -0.05) is 86.1 Å². The third kappa shape index (κ3) is 14.3. The summed E-state index contributed by atoms with van der Waals surface area (Å²) >= 11 is 1.89. The number of methoxy groups -OCH3 is 2. The molecule has 0 radical (unpaired) electrons. The summed E-state index contributed by atoms with van der Waals surface area (Å²) in [6.45, 7) is 7.72. The van der Waals surface area contributed by atoms with Gasteiger partial charge in [0.25, 0.3) is 0 Å². The Morgan fingerprint density at radius 2 is 1.03 bits per heavy atom. The molecule has 0 aliphatic carbocycles. The number of halogens is 1. The van der Waals surface area contributed by atoms with Crippen molar-refractivity contribution in [3.8, 4) is 22.8 Å². The second-order valence-corrected chi connectivity index (χ2v) is 13.2. The summed E-state index contributed by atoms with van der Waals surface area (Å²) in [4.78, 5) is 18.0. The normalized spacial score (nSPS) is 11.0. The van der Waals surface area contributed by atoms with Gasteiger partial charge in [-0.25, -0.2) is 4.98 Å². The van der Waals surface area contributed by atoms with Crippen LogP contribution in [-0.4, -0.2) is 47.4 Å². The maximum Gasteiger partial charge on any atom is 0.0964 e. The molecule has 5 heterocycles. The molecule has 9 nitrogen and oxygen atoms in total. The molecule has 1 aliphatic rings. The Hall–Kier alpha value is -4.72. The van der Waals surface area contributed by atoms with Gasteiger partial charge in [0.1, 0.15) is 11.5 Å². The molecule has 58 heavy (non-hydrogen) atoms. The predicted octanol–water partition coefficient (Wildman–Crippen LogP) is 8.88. The summed E-state index contributed by atoms with van der Waals surface area (Å²) < 4.78 is 33.2. The molecule has 8 aromatic rings. The van der Waals surface area contributed by atoms with Crippen LogP contribution in [0.15, 0.2) is 144 Å². The van der Waals surface area contributed by atoms with Crippen LogP contribution in [0.5, 0.6) is 11.5 Å². The molecule has 0 N–H and O–H groups in total. The van der Waals surface area contributed by atoms with Gasteiger partial charge in [0.15, 0.2) is 0 Å². The molecule has 0 saturated carbocycles. The second-order valence-electron chi connectivity index (χ2n) is 12.2. The molecule has 9 rings (SSSR count). The number of pyridine rings is 4. The number of hydrogen-bond acceptors (Lipinski definition) is 9. The molecule has 1 fully saturated rings. The number of benzene rings is 4. The van der Waals surface area contributed by atoms with Crippen molar-refractivity contribution in [2.45, 2.75) is 32.6 Å². The molecule has 1 saturated heterocycles. The van der Waals surface area contributed by atoms with Crippen LogP contribution in [0.25, 0.3) is 54.9 Å². The fourth-order valence-corrected chi connectivity index (χ4v) is 5.98.